The predicted molar refractivity (Wildman–Crippen MR) is 112 cm³/mol. The molecule has 5 rings (SSSR count). The number of ether oxygens (including phenoxy) is 2. The van der Waals surface area contributed by atoms with Crippen molar-refractivity contribution in [1.82, 2.24) is 19.7 Å². The van der Waals surface area contributed by atoms with Crippen LogP contribution in [0.4, 0.5) is 4.39 Å². The monoisotopic (exact) mass is 408 g/mol. The molecule has 154 valence electrons. The molecule has 1 aliphatic heterocycles. The van der Waals surface area contributed by atoms with Crippen molar-refractivity contribution in [3.63, 3.8) is 0 Å². The van der Waals surface area contributed by atoms with Crippen molar-refractivity contribution in [3.05, 3.63) is 51.8 Å². The van der Waals surface area contributed by atoms with Gasteiger partial charge in [0.25, 0.3) is 5.56 Å². The van der Waals surface area contributed by atoms with Crippen molar-refractivity contribution in [2.75, 3.05) is 20.3 Å². The summed E-state index contributed by atoms with van der Waals surface area (Å²) in [5.41, 5.74) is 3.51. The van der Waals surface area contributed by atoms with Gasteiger partial charge in [-0.05, 0) is 38.0 Å². The number of pyridine rings is 2. The van der Waals surface area contributed by atoms with E-state index >= 15 is 4.39 Å². The molecule has 8 heteroatoms. The first-order valence-corrected chi connectivity index (χ1v) is 9.81. The molecule has 0 bridgehead atoms. The van der Waals surface area contributed by atoms with E-state index in [4.69, 9.17) is 9.47 Å². The zero-order chi connectivity index (χ0) is 21.0. The van der Waals surface area contributed by atoms with E-state index in [0.29, 0.717) is 57.7 Å². The van der Waals surface area contributed by atoms with Gasteiger partial charge in [0, 0.05) is 34.9 Å². The summed E-state index contributed by atoms with van der Waals surface area (Å²) in [6.45, 7) is 4.88. The number of aromatic amines is 1. The molecule has 0 spiro atoms. The lowest BCUT2D eigenvalue weighted by Crippen LogP contribution is -2.12. The summed E-state index contributed by atoms with van der Waals surface area (Å²) >= 11 is 0. The minimum absolute atomic E-state index is 0.0329. The van der Waals surface area contributed by atoms with Crippen LogP contribution in [0.15, 0.2) is 29.2 Å². The molecule has 1 fully saturated rings. The fraction of sp³-hybridized carbons (Fsp3) is 0.318. The third kappa shape index (κ3) is 2.79. The summed E-state index contributed by atoms with van der Waals surface area (Å²) in [5, 5.41) is 5.48. The normalized spacial score (nSPS) is 16.6. The molecule has 7 nitrogen and oxygen atoms in total. The quantitative estimate of drug-likeness (QED) is 0.559. The van der Waals surface area contributed by atoms with E-state index in [9.17, 15) is 4.79 Å². The van der Waals surface area contributed by atoms with E-state index in [-0.39, 0.29) is 17.4 Å². The standard InChI is InChI=1S/C22H21FN4O3/c1-11-6-19(29-3)25-12(2)20(11)14-8-18-15(7-17(14)23)21-16(22(28)26-18)9-24-27(21)13-4-5-30-10-13/h6-9,13H,4-5,10H2,1-3H3,(H,26,28)/t13-/m0/s1. The smallest absolute Gasteiger partial charge is 0.259 e. The first-order valence-electron chi connectivity index (χ1n) is 9.81. The second-order valence-corrected chi connectivity index (χ2v) is 7.64. The van der Waals surface area contributed by atoms with Crippen LogP contribution < -0.4 is 10.3 Å². The van der Waals surface area contributed by atoms with E-state index in [2.05, 4.69) is 15.1 Å². The van der Waals surface area contributed by atoms with Crippen LogP contribution in [0, 0.1) is 19.7 Å². The van der Waals surface area contributed by atoms with Gasteiger partial charge in [-0.15, -0.1) is 0 Å². The molecule has 4 aromatic rings. The number of hydrogen-bond donors (Lipinski definition) is 1. The highest BCUT2D eigenvalue weighted by atomic mass is 19.1. The van der Waals surface area contributed by atoms with Gasteiger partial charge in [-0.2, -0.15) is 5.10 Å². The van der Waals surface area contributed by atoms with Crippen LogP contribution in [0.2, 0.25) is 0 Å². The van der Waals surface area contributed by atoms with Gasteiger partial charge in [0.2, 0.25) is 5.88 Å². The Hall–Kier alpha value is -3.26. The maximum absolute atomic E-state index is 15.4. The predicted octanol–water partition coefficient (Wildman–Crippen LogP) is 3.67. The summed E-state index contributed by atoms with van der Waals surface area (Å²) in [5.74, 6) is 0.0946. The number of methoxy groups -OCH3 is 1. The Morgan fingerprint density at radius 3 is 2.80 bits per heavy atom. The highest BCUT2D eigenvalue weighted by molar-refractivity contribution is 6.04. The van der Waals surface area contributed by atoms with Crippen LogP contribution in [0.25, 0.3) is 32.9 Å². The summed E-state index contributed by atoms with van der Waals surface area (Å²) < 4.78 is 27.9. The number of aryl methyl sites for hydroxylation is 2. The van der Waals surface area contributed by atoms with Crippen molar-refractivity contribution in [3.8, 4) is 17.0 Å². The average Bonchev–Trinajstić information content (AvgIpc) is 3.38. The molecule has 1 N–H and O–H groups in total. The molecule has 0 amide bonds. The lowest BCUT2D eigenvalue weighted by Gasteiger charge is -2.15. The number of nitrogens with zero attached hydrogens (tertiary/aromatic N) is 3. The van der Waals surface area contributed by atoms with E-state index in [0.717, 1.165) is 12.0 Å². The van der Waals surface area contributed by atoms with Crippen molar-refractivity contribution >= 4 is 21.8 Å². The zero-order valence-corrected chi connectivity index (χ0v) is 17.0. The second kappa shape index (κ2) is 6.91. The molecule has 1 atom stereocenters. The molecule has 0 unspecified atom stereocenters. The van der Waals surface area contributed by atoms with Crippen molar-refractivity contribution in [2.45, 2.75) is 26.3 Å². The van der Waals surface area contributed by atoms with Crippen LogP contribution >= 0.6 is 0 Å². The lowest BCUT2D eigenvalue weighted by atomic mass is 9.97. The van der Waals surface area contributed by atoms with Gasteiger partial charge in [0.15, 0.2) is 0 Å². The maximum atomic E-state index is 15.4. The third-order valence-corrected chi connectivity index (χ3v) is 5.75. The van der Waals surface area contributed by atoms with Crippen LogP contribution in [0.1, 0.15) is 23.7 Å². The second-order valence-electron chi connectivity index (χ2n) is 7.64. The number of fused-ring (bicyclic) bond motifs is 3. The molecule has 1 aliphatic rings. The fourth-order valence-electron chi connectivity index (χ4n) is 4.35. The van der Waals surface area contributed by atoms with Gasteiger partial charge in [-0.25, -0.2) is 9.37 Å². The molecule has 3 aromatic heterocycles. The Kier molecular flexibility index (Phi) is 4.32. The lowest BCUT2D eigenvalue weighted by molar-refractivity contribution is 0.185. The third-order valence-electron chi connectivity index (χ3n) is 5.75. The Balaban J connectivity index is 1.79. The number of H-pyrrole nitrogens is 1. The maximum Gasteiger partial charge on any atom is 0.259 e. The molecular formula is C22H21FN4O3. The largest absolute Gasteiger partial charge is 0.481 e. The highest BCUT2D eigenvalue weighted by Crippen LogP contribution is 2.35. The first-order chi connectivity index (χ1) is 14.5. The van der Waals surface area contributed by atoms with E-state index in [1.54, 1.807) is 30.1 Å². The molecule has 1 saturated heterocycles. The number of hydrogen-bond acceptors (Lipinski definition) is 5. The molecule has 0 aliphatic carbocycles. The van der Waals surface area contributed by atoms with Gasteiger partial charge in [0.1, 0.15) is 5.82 Å². The SMILES string of the molecule is COc1cc(C)c(-c2cc3[nH]c(=O)c4cnn([C@H]5CCOC5)c4c3cc2F)c(C)n1. The van der Waals surface area contributed by atoms with Gasteiger partial charge in [0.05, 0.1) is 42.4 Å². The molecule has 4 heterocycles. The first kappa shape index (κ1) is 18.7. The minimum Gasteiger partial charge on any atom is -0.481 e. The summed E-state index contributed by atoms with van der Waals surface area (Å²) in [6, 6.07) is 4.95. The average molecular weight is 408 g/mol. The Morgan fingerprint density at radius 2 is 2.10 bits per heavy atom. The van der Waals surface area contributed by atoms with Crippen molar-refractivity contribution in [1.29, 1.82) is 0 Å². The molecule has 30 heavy (non-hydrogen) atoms. The Bertz CT molecular complexity index is 1330. The van der Waals surface area contributed by atoms with Crippen LogP contribution in [-0.4, -0.2) is 40.1 Å². The van der Waals surface area contributed by atoms with Crippen molar-refractivity contribution in [2.24, 2.45) is 0 Å². The number of aromatic nitrogens is 4. The topological polar surface area (TPSA) is 82.0 Å². The molecular weight excluding hydrogens is 387 g/mol. The number of rotatable bonds is 3. The van der Waals surface area contributed by atoms with Gasteiger partial charge in [-0.3, -0.25) is 9.48 Å². The summed E-state index contributed by atoms with van der Waals surface area (Å²) in [4.78, 5) is 20.0. The molecule has 1 aromatic carbocycles. The van der Waals surface area contributed by atoms with Gasteiger partial charge < -0.3 is 14.5 Å². The Labute approximate surface area is 171 Å². The fourth-order valence-corrected chi connectivity index (χ4v) is 4.35. The minimum atomic E-state index is -0.385. The number of benzene rings is 1. The van der Waals surface area contributed by atoms with E-state index < -0.39 is 0 Å². The van der Waals surface area contributed by atoms with Gasteiger partial charge >= 0.3 is 0 Å². The zero-order valence-electron chi connectivity index (χ0n) is 17.0. The summed E-state index contributed by atoms with van der Waals surface area (Å²) in [7, 11) is 1.55. The summed E-state index contributed by atoms with van der Waals surface area (Å²) in [6.07, 6.45) is 2.35. The Morgan fingerprint density at radius 1 is 1.27 bits per heavy atom. The number of nitrogens with one attached hydrogen (secondary N) is 1. The van der Waals surface area contributed by atoms with Gasteiger partial charge in [-0.1, -0.05) is 0 Å². The van der Waals surface area contributed by atoms with Crippen molar-refractivity contribution < 1.29 is 13.9 Å². The number of halogens is 1. The van der Waals surface area contributed by atoms with Crippen LogP contribution in [-0.2, 0) is 4.74 Å². The highest BCUT2D eigenvalue weighted by Gasteiger charge is 2.23. The molecule has 0 radical (unpaired) electrons. The van der Waals surface area contributed by atoms with E-state index in [1.165, 1.54) is 6.07 Å². The van der Waals surface area contributed by atoms with Crippen LogP contribution in [0.3, 0.4) is 0 Å². The van der Waals surface area contributed by atoms with E-state index in [1.807, 2.05) is 13.8 Å². The van der Waals surface area contributed by atoms with Crippen LogP contribution in [0.5, 0.6) is 5.88 Å². The molecule has 0 saturated carbocycles.